The minimum Gasteiger partial charge on any atom is -0.333 e. The standard InChI is InChI=1S/C17H21NO/c19-17(11-4-8-14-6-2-1-3-7-14)18-15-9-5-10-16(18)13-12-15/h1-3,5-7,9,15-16H,4,8,10-13H2. The molecule has 19 heavy (non-hydrogen) atoms. The van der Waals surface area contributed by atoms with Gasteiger partial charge in [0.15, 0.2) is 0 Å². The van der Waals surface area contributed by atoms with Gasteiger partial charge in [0.05, 0.1) is 6.04 Å². The summed E-state index contributed by atoms with van der Waals surface area (Å²) in [5.41, 5.74) is 1.33. The number of benzene rings is 1. The van der Waals surface area contributed by atoms with Crippen molar-refractivity contribution in [1.82, 2.24) is 4.90 Å². The molecule has 2 aliphatic rings. The third-order valence-corrected chi connectivity index (χ3v) is 4.30. The van der Waals surface area contributed by atoms with Gasteiger partial charge in [-0.2, -0.15) is 0 Å². The quantitative estimate of drug-likeness (QED) is 0.756. The van der Waals surface area contributed by atoms with E-state index in [1.165, 1.54) is 12.0 Å². The fourth-order valence-electron chi connectivity index (χ4n) is 3.33. The predicted molar refractivity (Wildman–Crippen MR) is 76.8 cm³/mol. The Morgan fingerprint density at radius 2 is 2.05 bits per heavy atom. The molecule has 2 nitrogen and oxygen atoms in total. The lowest BCUT2D eigenvalue weighted by atomic mass is 10.1. The molecule has 0 saturated carbocycles. The maximum atomic E-state index is 12.3. The van der Waals surface area contributed by atoms with Gasteiger partial charge in [0.1, 0.15) is 0 Å². The van der Waals surface area contributed by atoms with Gasteiger partial charge in [-0.25, -0.2) is 0 Å². The average Bonchev–Trinajstić information content (AvgIpc) is 2.70. The van der Waals surface area contributed by atoms with Crippen LogP contribution in [0.25, 0.3) is 0 Å². The van der Waals surface area contributed by atoms with E-state index in [-0.39, 0.29) is 0 Å². The maximum absolute atomic E-state index is 12.3. The van der Waals surface area contributed by atoms with E-state index >= 15 is 0 Å². The molecule has 2 unspecified atom stereocenters. The molecule has 0 N–H and O–H groups in total. The molecular weight excluding hydrogens is 234 g/mol. The summed E-state index contributed by atoms with van der Waals surface area (Å²) >= 11 is 0. The number of nitrogens with zero attached hydrogens (tertiary/aromatic N) is 1. The first-order valence-electron chi connectivity index (χ1n) is 7.36. The van der Waals surface area contributed by atoms with Crippen molar-refractivity contribution in [3.05, 3.63) is 48.0 Å². The third-order valence-electron chi connectivity index (χ3n) is 4.30. The number of aryl methyl sites for hydroxylation is 1. The molecule has 1 fully saturated rings. The number of rotatable bonds is 4. The van der Waals surface area contributed by atoms with Gasteiger partial charge < -0.3 is 4.90 Å². The van der Waals surface area contributed by atoms with Crippen LogP contribution in [0.2, 0.25) is 0 Å². The van der Waals surface area contributed by atoms with Crippen molar-refractivity contribution < 1.29 is 4.79 Å². The van der Waals surface area contributed by atoms with Crippen molar-refractivity contribution in [1.29, 1.82) is 0 Å². The van der Waals surface area contributed by atoms with Crippen LogP contribution in [0, 0.1) is 0 Å². The second-order valence-corrected chi connectivity index (χ2v) is 5.60. The monoisotopic (exact) mass is 255 g/mol. The van der Waals surface area contributed by atoms with Crippen LogP contribution in [0.3, 0.4) is 0 Å². The fraction of sp³-hybridized carbons (Fsp3) is 0.471. The highest BCUT2D eigenvalue weighted by molar-refractivity contribution is 5.77. The van der Waals surface area contributed by atoms with Crippen LogP contribution in [-0.2, 0) is 11.2 Å². The van der Waals surface area contributed by atoms with E-state index < -0.39 is 0 Å². The molecule has 0 spiro atoms. The molecule has 1 saturated heterocycles. The van der Waals surface area contributed by atoms with Crippen molar-refractivity contribution in [3.8, 4) is 0 Å². The van der Waals surface area contributed by atoms with Crippen molar-refractivity contribution >= 4 is 5.91 Å². The minimum atomic E-state index is 0.354. The van der Waals surface area contributed by atoms with Crippen LogP contribution in [0.5, 0.6) is 0 Å². The summed E-state index contributed by atoms with van der Waals surface area (Å²) in [6.07, 6.45) is 10.5. The van der Waals surface area contributed by atoms with E-state index in [0.29, 0.717) is 24.4 Å². The molecule has 100 valence electrons. The van der Waals surface area contributed by atoms with Crippen molar-refractivity contribution in [3.63, 3.8) is 0 Å². The highest BCUT2D eigenvalue weighted by Gasteiger charge is 2.36. The smallest absolute Gasteiger partial charge is 0.223 e. The zero-order valence-electron chi connectivity index (χ0n) is 11.3. The van der Waals surface area contributed by atoms with Gasteiger partial charge in [-0.05, 0) is 37.7 Å². The lowest BCUT2D eigenvalue weighted by Crippen LogP contribution is -2.42. The van der Waals surface area contributed by atoms with Gasteiger partial charge in [-0.3, -0.25) is 4.79 Å². The van der Waals surface area contributed by atoms with Crippen LogP contribution in [0.4, 0.5) is 0 Å². The van der Waals surface area contributed by atoms with E-state index in [0.717, 1.165) is 25.7 Å². The van der Waals surface area contributed by atoms with Gasteiger partial charge in [0, 0.05) is 12.5 Å². The number of amides is 1. The SMILES string of the molecule is O=C(CCCc1ccccc1)N1C2C=CCC1CC2. The number of carbonyl (C=O) groups is 1. The van der Waals surface area contributed by atoms with Crippen LogP contribution < -0.4 is 0 Å². The first-order valence-corrected chi connectivity index (χ1v) is 7.36. The second-order valence-electron chi connectivity index (χ2n) is 5.60. The summed E-state index contributed by atoms with van der Waals surface area (Å²) in [6, 6.07) is 11.3. The topological polar surface area (TPSA) is 20.3 Å². The zero-order valence-corrected chi connectivity index (χ0v) is 11.3. The first-order chi connectivity index (χ1) is 9.34. The molecule has 0 aliphatic carbocycles. The first kappa shape index (κ1) is 12.5. The summed E-state index contributed by atoms with van der Waals surface area (Å²) in [5.74, 6) is 0.354. The minimum absolute atomic E-state index is 0.354. The third kappa shape index (κ3) is 2.73. The summed E-state index contributed by atoms with van der Waals surface area (Å²) in [4.78, 5) is 14.5. The predicted octanol–water partition coefficient (Wildman–Crippen LogP) is 3.33. The molecule has 2 bridgehead atoms. The normalized spacial score (nSPS) is 24.7. The van der Waals surface area contributed by atoms with E-state index in [2.05, 4.69) is 41.3 Å². The Bertz CT molecular complexity index is 465. The van der Waals surface area contributed by atoms with Gasteiger partial charge in [0.2, 0.25) is 5.91 Å². The Morgan fingerprint density at radius 1 is 1.21 bits per heavy atom. The van der Waals surface area contributed by atoms with Gasteiger partial charge >= 0.3 is 0 Å². The summed E-state index contributed by atoms with van der Waals surface area (Å²) in [6.45, 7) is 0. The molecule has 2 heterocycles. The molecule has 2 aliphatic heterocycles. The maximum Gasteiger partial charge on any atom is 0.223 e. The molecule has 2 atom stereocenters. The Labute approximate surface area is 115 Å². The van der Waals surface area contributed by atoms with Crippen LogP contribution >= 0.6 is 0 Å². The number of hydrogen-bond acceptors (Lipinski definition) is 1. The van der Waals surface area contributed by atoms with E-state index in [9.17, 15) is 4.79 Å². The van der Waals surface area contributed by atoms with Gasteiger partial charge in [-0.15, -0.1) is 0 Å². The molecule has 2 heteroatoms. The Balaban J connectivity index is 1.51. The van der Waals surface area contributed by atoms with Crippen LogP contribution in [-0.4, -0.2) is 22.9 Å². The summed E-state index contributed by atoms with van der Waals surface area (Å²) < 4.78 is 0. The molecule has 1 amide bonds. The molecule has 3 rings (SSSR count). The van der Waals surface area contributed by atoms with Gasteiger partial charge in [-0.1, -0.05) is 42.5 Å². The second kappa shape index (κ2) is 5.60. The molecule has 0 radical (unpaired) electrons. The molecule has 0 aromatic heterocycles. The zero-order chi connectivity index (χ0) is 13.1. The molecular formula is C17H21NO. The van der Waals surface area contributed by atoms with Crippen molar-refractivity contribution in [2.45, 2.75) is 50.6 Å². The summed E-state index contributed by atoms with van der Waals surface area (Å²) in [5, 5.41) is 0. The Morgan fingerprint density at radius 3 is 2.84 bits per heavy atom. The molecule has 1 aromatic carbocycles. The van der Waals surface area contributed by atoms with Crippen molar-refractivity contribution in [2.24, 2.45) is 0 Å². The van der Waals surface area contributed by atoms with Crippen molar-refractivity contribution in [2.75, 3.05) is 0 Å². The lowest BCUT2D eigenvalue weighted by Gasteiger charge is -2.31. The number of carbonyl (C=O) groups excluding carboxylic acids is 1. The Hall–Kier alpha value is -1.57. The lowest BCUT2D eigenvalue weighted by molar-refractivity contribution is -0.133. The van der Waals surface area contributed by atoms with Gasteiger partial charge in [0.25, 0.3) is 0 Å². The van der Waals surface area contributed by atoms with E-state index in [1.807, 2.05) is 6.07 Å². The van der Waals surface area contributed by atoms with E-state index in [1.54, 1.807) is 0 Å². The Kier molecular flexibility index (Phi) is 3.67. The molecule has 1 aromatic rings. The summed E-state index contributed by atoms with van der Waals surface area (Å²) in [7, 11) is 0. The number of fused-ring (bicyclic) bond motifs is 2. The fourth-order valence-corrected chi connectivity index (χ4v) is 3.33. The number of hydrogen-bond donors (Lipinski definition) is 0. The highest BCUT2D eigenvalue weighted by atomic mass is 16.2. The average molecular weight is 255 g/mol. The highest BCUT2D eigenvalue weighted by Crippen LogP contribution is 2.32. The van der Waals surface area contributed by atoms with E-state index in [4.69, 9.17) is 0 Å². The largest absolute Gasteiger partial charge is 0.333 e. The van der Waals surface area contributed by atoms with Crippen LogP contribution in [0.1, 0.15) is 37.7 Å². The van der Waals surface area contributed by atoms with Crippen LogP contribution in [0.15, 0.2) is 42.5 Å².